The normalized spacial score (nSPS) is 22.8. The Morgan fingerprint density at radius 2 is 1.82 bits per heavy atom. The number of nitriles is 1. The number of hydrogen-bond acceptors (Lipinski definition) is 7. The molecule has 5 rings (SSSR count). The van der Waals surface area contributed by atoms with Gasteiger partial charge < -0.3 is 19.5 Å². The van der Waals surface area contributed by atoms with E-state index in [0.29, 0.717) is 47.7 Å². The molecule has 1 N–H and O–H groups in total. The fourth-order valence-corrected chi connectivity index (χ4v) is 6.91. The third-order valence-corrected chi connectivity index (χ3v) is 9.52. The molecule has 2 aliphatic rings. The van der Waals surface area contributed by atoms with Crippen LogP contribution in [-0.2, 0) is 4.79 Å². The van der Waals surface area contributed by atoms with Crippen LogP contribution in [0.25, 0.3) is 10.4 Å². The predicted molar refractivity (Wildman–Crippen MR) is 157 cm³/mol. The smallest absolute Gasteiger partial charge is 0.273 e. The van der Waals surface area contributed by atoms with Gasteiger partial charge in [0.2, 0.25) is 5.91 Å². The molecule has 0 atom stereocenters. The van der Waals surface area contributed by atoms with E-state index in [-0.39, 0.29) is 17.9 Å². The Morgan fingerprint density at radius 1 is 1.05 bits per heavy atom. The van der Waals surface area contributed by atoms with Gasteiger partial charge in [-0.1, -0.05) is 29.5 Å². The van der Waals surface area contributed by atoms with Gasteiger partial charge in [-0.2, -0.15) is 5.26 Å². The lowest BCUT2D eigenvalue weighted by atomic mass is 9.78. The highest BCUT2D eigenvalue weighted by atomic mass is 32.1. The highest BCUT2D eigenvalue weighted by Crippen LogP contribution is 2.39. The highest BCUT2D eigenvalue weighted by molar-refractivity contribution is 7.16. The monoisotopic (exact) mass is 559 g/mol. The van der Waals surface area contributed by atoms with E-state index in [1.165, 1.54) is 16.9 Å². The van der Waals surface area contributed by atoms with Crippen molar-refractivity contribution in [3.63, 3.8) is 0 Å². The third-order valence-electron chi connectivity index (χ3n) is 8.52. The number of methoxy groups -OCH3 is 2. The van der Waals surface area contributed by atoms with Crippen LogP contribution in [0.15, 0.2) is 48.7 Å². The molecule has 0 bridgehead atoms. The zero-order valence-electron chi connectivity index (χ0n) is 23.2. The van der Waals surface area contributed by atoms with E-state index in [0.717, 1.165) is 54.7 Å². The first-order chi connectivity index (χ1) is 19.5. The molecule has 0 radical (unpaired) electrons. The lowest BCUT2D eigenvalue weighted by Gasteiger charge is -2.36. The van der Waals surface area contributed by atoms with Crippen LogP contribution < -0.4 is 14.4 Å². The number of amides is 1. The van der Waals surface area contributed by atoms with Gasteiger partial charge in [-0.05, 0) is 98.6 Å². The molecule has 3 aromatic rings. The Hall–Kier alpha value is -3.41. The molecule has 0 unspecified atom stereocenters. The summed E-state index contributed by atoms with van der Waals surface area (Å²) >= 11 is 1.49. The Morgan fingerprint density at radius 3 is 2.50 bits per heavy atom. The lowest BCUT2D eigenvalue weighted by Crippen LogP contribution is -2.41. The maximum Gasteiger partial charge on any atom is 0.273 e. The number of benzene rings is 2. The zero-order valence-corrected chi connectivity index (χ0v) is 24.0. The molecule has 1 amide bonds. The number of aliphatic hydroxyl groups excluding tert-OH is 1. The largest absolute Gasteiger partial charge is 0.495 e. The van der Waals surface area contributed by atoms with Crippen molar-refractivity contribution in [1.82, 2.24) is 4.98 Å². The number of carbonyl (C=O) groups excluding carboxylic acids is 1. The maximum atomic E-state index is 14.0. The van der Waals surface area contributed by atoms with Crippen LogP contribution in [0, 0.1) is 23.2 Å². The van der Waals surface area contributed by atoms with E-state index >= 15 is 0 Å². The second kappa shape index (κ2) is 12.8. The molecule has 2 aromatic carbocycles. The minimum Gasteiger partial charge on any atom is -0.495 e. The topological polar surface area (TPSA) is 95.7 Å². The van der Waals surface area contributed by atoms with Gasteiger partial charge in [0.15, 0.2) is 0 Å². The van der Waals surface area contributed by atoms with Crippen molar-refractivity contribution in [2.45, 2.75) is 63.4 Å². The quantitative estimate of drug-likeness (QED) is 0.336. The van der Waals surface area contributed by atoms with Gasteiger partial charge in [0.1, 0.15) is 11.8 Å². The van der Waals surface area contributed by atoms with Gasteiger partial charge in [-0.15, -0.1) is 0 Å². The zero-order chi connectivity index (χ0) is 28.1. The SMILES string of the molecule is COc1ncc(-c2cccc(N(C[C@H]3CC[C@H](c4ccc(OC)c(C#N)c4)CC3)C(=O)[C@H]3CC[C@H](O)CC3)c2)s1. The number of anilines is 1. The van der Waals surface area contributed by atoms with E-state index in [2.05, 4.69) is 23.2 Å². The van der Waals surface area contributed by atoms with E-state index in [1.54, 1.807) is 14.2 Å². The summed E-state index contributed by atoms with van der Waals surface area (Å²) in [6.07, 6.45) is 8.45. The van der Waals surface area contributed by atoms with Crippen LogP contribution in [-0.4, -0.2) is 42.9 Å². The van der Waals surface area contributed by atoms with Crippen LogP contribution in [0.5, 0.6) is 10.9 Å². The summed E-state index contributed by atoms with van der Waals surface area (Å²) < 4.78 is 10.6. The number of thiazole rings is 1. The predicted octanol–water partition coefficient (Wildman–Crippen LogP) is 6.56. The minimum atomic E-state index is -0.295. The summed E-state index contributed by atoms with van der Waals surface area (Å²) in [6, 6.07) is 16.4. The van der Waals surface area contributed by atoms with Crippen LogP contribution in [0.1, 0.15) is 68.4 Å². The van der Waals surface area contributed by atoms with Crippen LogP contribution >= 0.6 is 11.3 Å². The van der Waals surface area contributed by atoms with E-state index in [9.17, 15) is 15.2 Å². The molecule has 0 aliphatic heterocycles. The average Bonchev–Trinajstić information content (AvgIpc) is 3.49. The number of aromatic nitrogens is 1. The highest BCUT2D eigenvalue weighted by Gasteiger charge is 2.32. The van der Waals surface area contributed by atoms with Gasteiger partial charge in [-0.3, -0.25) is 4.79 Å². The summed E-state index contributed by atoms with van der Waals surface area (Å²) in [4.78, 5) is 21.3. The average molecular weight is 560 g/mol. The molecule has 0 saturated heterocycles. The van der Waals surface area contributed by atoms with Gasteiger partial charge in [0.05, 0.1) is 30.8 Å². The second-order valence-electron chi connectivity index (χ2n) is 11.0. The first kappa shape index (κ1) is 28.1. The first-order valence-corrected chi connectivity index (χ1v) is 15.0. The lowest BCUT2D eigenvalue weighted by molar-refractivity contribution is -0.124. The summed E-state index contributed by atoms with van der Waals surface area (Å²) in [5.74, 6) is 1.53. The summed E-state index contributed by atoms with van der Waals surface area (Å²) in [5.41, 5.74) is 3.70. The van der Waals surface area contributed by atoms with Gasteiger partial charge in [-0.25, -0.2) is 4.98 Å². The molecule has 1 heterocycles. The van der Waals surface area contributed by atoms with Crippen LogP contribution in [0.4, 0.5) is 5.69 Å². The molecule has 1 aromatic heterocycles. The van der Waals surface area contributed by atoms with Crippen molar-refractivity contribution in [2.75, 3.05) is 25.7 Å². The number of rotatable bonds is 8. The van der Waals surface area contributed by atoms with Crippen molar-refractivity contribution >= 4 is 22.9 Å². The molecule has 210 valence electrons. The van der Waals surface area contributed by atoms with Crippen molar-refractivity contribution in [3.8, 4) is 27.5 Å². The maximum absolute atomic E-state index is 14.0. The Balaban J connectivity index is 1.33. The Labute approximate surface area is 240 Å². The molecule has 40 heavy (non-hydrogen) atoms. The standard InChI is InChI=1S/C32H37N3O4S/c1-38-29-15-12-24(16-26(29)18-33)22-8-6-21(7-9-22)20-35(31(37)23-10-13-28(36)14-11-23)27-5-3-4-25(17-27)30-19-34-32(39-2)40-30/h3-5,12,15-17,19,21-23,28,36H,6-11,13-14,20H2,1-2H3/t21-,22-,23-,28-. The number of ether oxygens (including phenoxy) is 2. The molecule has 8 heteroatoms. The van der Waals surface area contributed by atoms with E-state index < -0.39 is 0 Å². The molecular weight excluding hydrogens is 522 g/mol. The molecule has 2 aliphatic carbocycles. The van der Waals surface area contributed by atoms with Crippen molar-refractivity contribution < 1.29 is 19.4 Å². The van der Waals surface area contributed by atoms with Gasteiger partial charge in [0.25, 0.3) is 5.19 Å². The van der Waals surface area contributed by atoms with E-state index in [4.69, 9.17) is 9.47 Å². The number of nitrogens with zero attached hydrogens (tertiary/aromatic N) is 3. The minimum absolute atomic E-state index is 0.0596. The van der Waals surface area contributed by atoms with Crippen LogP contribution in [0.3, 0.4) is 0 Å². The fraction of sp³-hybridized carbons (Fsp3) is 0.469. The number of carbonyl (C=O) groups is 1. The van der Waals surface area contributed by atoms with Gasteiger partial charge in [0, 0.05) is 24.3 Å². The first-order valence-electron chi connectivity index (χ1n) is 14.2. The number of aliphatic hydroxyl groups is 1. The van der Waals surface area contributed by atoms with Gasteiger partial charge >= 0.3 is 0 Å². The molecular formula is C32H37N3O4S. The number of hydrogen-bond donors (Lipinski definition) is 1. The molecule has 0 spiro atoms. The van der Waals surface area contributed by atoms with Crippen molar-refractivity contribution in [2.24, 2.45) is 11.8 Å². The summed E-state index contributed by atoms with van der Waals surface area (Å²) in [6.45, 7) is 0.687. The fourth-order valence-electron chi connectivity index (χ4n) is 6.18. The molecule has 2 saturated carbocycles. The third kappa shape index (κ3) is 6.32. The van der Waals surface area contributed by atoms with E-state index in [1.807, 2.05) is 41.4 Å². The Bertz CT molecular complexity index is 1350. The molecule has 2 fully saturated rings. The second-order valence-corrected chi connectivity index (χ2v) is 12.0. The van der Waals surface area contributed by atoms with Crippen molar-refractivity contribution in [3.05, 3.63) is 59.8 Å². The van der Waals surface area contributed by atoms with Crippen LogP contribution in [0.2, 0.25) is 0 Å². The Kier molecular flexibility index (Phi) is 9.03. The summed E-state index contributed by atoms with van der Waals surface area (Å²) in [5, 5.41) is 20.2. The van der Waals surface area contributed by atoms with Crippen molar-refractivity contribution in [1.29, 1.82) is 5.26 Å². The molecule has 7 nitrogen and oxygen atoms in total. The summed E-state index contributed by atoms with van der Waals surface area (Å²) in [7, 11) is 3.21.